The van der Waals surface area contributed by atoms with Gasteiger partial charge in [-0.25, -0.2) is 0 Å². The maximum Gasteiger partial charge on any atom is 0.261 e. The largest absolute Gasteiger partial charge is 0.406 e. The average molecular weight is 835 g/mol. The molecule has 1 aliphatic rings. The lowest BCUT2D eigenvalue weighted by molar-refractivity contribution is -0.118. The highest BCUT2D eigenvalue weighted by atomic mass is 28.4. The fourth-order valence-electron chi connectivity index (χ4n) is 9.94. The van der Waals surface area contributed by atoms with Gasteiger partial charge in [0, 0.05) is 42.6 Å². The van der Waals surface area contributed by atoms with Gasteiger partial charge in [0.15, 0.2) is 0 Å². The molecule has 0 radical (unpaired) electrons. The van der Waals surface area contributed by atoms with E-state index in [1.807, 2.05) is 90.7 Å². The molecule has 2 amide bonds. The van der Waals surface area contributed by atoms with Crippen molar-refractivity contribution in [3.05, 3.63) is 167 Å². The zero-order valence-electron chi connectivity index (χ0n) is 37.6. The number of Topliss-reactive ketones (excluding diaryl/α,β-unsaturated/α-hetero) is 1. The minimum atomic E-state index is -2.82. The van der Waals surface area contributed by atoms with Crippen molar-refractivity contribution >= 4 is 36.3 Å². The fourth-order valence-corrected chi connectivity index (χ4v) is 14.5. The Bertz CT molecular complexity index is 2190. The third kappa shape index (κ3) is 9.69. The number of hydrogen-bond acceptors (Lipinski definition) is 4. The van der Waals surface area contributed by atoms with Crippen molar-refractivity contribution in [2.75, 3.05) is 19.7 Å². The SMILES string of the molecule is CCN(C(=O)c1ccccc1CC(=O)CCc1ccccc1C(=O)N(CCO[Si](c1ccccc1)(c1ccccc1)C(C)(C)C)C1(CC)CCCC1)C(C)(C)c1ccccc1. The first-order chi connectivity index (χ1) is 29.3. The summed E-state index contributed by atoms with van der Waals surface area (Å²) in [7, 11) is -2.82. The summed E-state index contributed by atoms with van der Waals surface area (Å²) in [5, 5.41) is 2.26. The predicted octanol–water partition coefficient (Wildman–Crippen LogP) is 10.6. The molecular formula is C54H66N2O4Si. The van der Waals surface area contributed by atoms with Gasteiger partial charge < -0.3 is 14.2 Å². The van der Waals surface area contributed by atoms with Gasteiger partial charge >= 0.3 is 0 Å². The van der Waals surface area contributed by atoms with Crippen molar-refractivity contribution in [1.82, 2.24) is 9.80 Å². The third-order valence-corrected chi connectivity index (χ3v) is 18.4. The van der Waals surface area contributed by atoms with Gasteiger partial charge in [0.05, 0.1) is 12.1 Å². The second-order valence-corrected chi connectivity index (χ2v) is 22.6. The van der Waals surface area contributed by atoms with Crippen molar-refractivity contribution in [3.63, 3.8) is 0 Å². The van der Waals surface area contributed by atoms with E-state index in [1.165, 1.54) is 10.4 Å². The van der Waals surface area contributed by atoms with Gasteiger partial charge in [0.2, 0.25) is 0 Å². The summed E-state index contributed by atoms with van der Waals surface area (Å²) in [6.07, 6.45) is 5.82. The molecule has 1 fully saturated rings. The minimum absolute atomic E-state index is 0.00877. The summed E-state index contributed by atoms with van der Waals surface area (Å²) in [4.78, 5) is 47.2. The predicted molar refractivity (Wildman–Crippen MR) is 252 cm³/mol. The lowest BCUT2D eigenvalue weighted by atomic mass is 9.89. The molecule has 5 aromatic carbocycles. The molecule has 1 saturated carbocycles. The van der Waals surface area contributed by atoms with Crippen LogP contribution in [0.1, 0.15) is 124 Å². The smallest absolute Gasteiger partial charge is 0.261 e. The quantitative estimate of drug-likeness (QED) is 0.0825. The van der Waals surface area contributed by atoms with Gasteiger partial charge in [0.1, 0.15) is 5.78 Å². The van der Waals surface area contributed by atoms with Crippen LogP contribution in [0.5, 0.6) is 0 Å². The monoisotopic (exact) mass is 834 g/mol. The van der Waals surface area contributed by atoms with Crippen LogP contribution in [0.3, 0.4) is 0 Å². The van der Waals surface area contributed by atoms with E-state index in [0.29, 0.717) is 37.2 Å². The van der Waals surface area contributed by atoms with Crippen LogP contribution in [0.25, 0.3) is 0 Å². The Labute approximate surface area is 366 Å². The fraction of sp³-hybridized carbons (Fsp3) is 0.389. The van der Waals surface area contributed by atoms with Crippen LogP contribution in [0, 0.1) is 0 Å². The van der Waals surface area contributed by atoms with E-state index in [1.54, 1.807) is 0 Å². The van der Waals surface area contributed by atoms with Gasteiger partial charge in [-0.1, -0.05) is 168 Å². The molecule has 0 saturated heterocycles. The summed E-state index contributed by atoms with van der Waals surface area (Å²) >= 11 is 0. The summed E-state index contributed by atoms with van der Waals surface area (Å²) in [6.45, 7) is 16.6. The molecule has 0 aromatic heterocycles. The third-order valence-electron chi connectivity index (χ3n) is 13.3. The Morgan fingerprint density at radius 3 is 1.66 bits per heavy atom. The summed E-state index contributed by atoms with van der Waals surface area (Å²) in [5.74, 6) is -0.0507. The van der Waals surface area contributed by atoms with E-state index < -0.39 is 13.9 Å². The molecule has 0 bridgehead atoms. The van der Waals surface area contributed by atoms with Crippen molar-refractivity contribution in [2.24, 2.45) is 0 Å². The number of amides is 2. The molecule has 7 heteroatoms. The second-order valence-electron chi connectivity index (χ2n) is 18.3. The number of aryl methyl sites for hydroxylation is 1. The molecule has 0 unspecified atom stereocenters. The standard InChI is InChI=1S/C54H66N2O4Si/c1-8-54(37-23-24-38-54)56(39-40-60-61(52(3,4)5,46-29-15-11-16-30-46)47-31-17-12-18-32-47)51(59)48-33-21-19-25-42(48)35-36-45(57)41-43-26-20-22-34-49(43)50(58)55(9-2)53(6,7)44-27-13-10-14-28-44/h10-22,25-34H,8-9,23-24,35-41H2,1-7H3. The second kappa shape index (κ2) is 19.7. The number of hydrogen-bond donors (Lipinski definition) is 0. The molecule has 0 heterocycles. The average Bonchev–Trinajstić information content (AvgIpc) is 3.76. The van der Waals surface area contributed by atoms with Crippen LogP contribution in [0.4, 0.5) is 0 Å². The highest BCUT2D eigenvalue weighted by Crippen LogP contribution is 2.40. The molecular weight excluding hydrogens is 769 g/mol. The first-order valence-electron chi connectivity index (χ1n) is 22.4. The zero-order valence-corrected chi connectivity index (χ0v) is 38.6. The van der Waals surface area contributed by atoms with Crippen LogP contribution < -0.4 is 10.4 Å². The zero-order chi connectivity index (χ0) is 43.7. The van der Waals surface area contributed by atoms with E-state index in [2.05, 4.69) is 107 Å². The number of carbonyl (C=O) groups excluding carboxylic acids is 3. The Morgan fingerprint density at radius 2 is 1.13 bits per heavy atom. The van der Waals surface area contributed by atoms with Crippen molar-refractivity contribution in [2.45, 2.75) is 116 Å². The van der Waals surface area contributed by atoms with Crippen LogP contribution in [-0.2, 0) is 27.6 Å². The number of carbonyl (C=O) groups is 3. The molecule has 1 aliphatic carbocycles. The number of benzene rings is 5. The van der Waals surface area contributed by atoms with E-state index in [4.69, 9.17) is 4.43 Å². The van der Waals surface area contributed by atoms with Crippen LogP contribution in [0.2, 0.25) is 5.04 Å². The summed E-state index contributed by atoms with van der Waals surface area (Å²) in [5.41, 5.74) is 3.04. The molecule has 6 rings (SSSR count). The Kier molecular flexibility index (Phi) is 14.7. The van der Waals surface area contributed by atoms with Gasteiger partial charge in [-0.2, -0.15) is 0 Å². The number of nitrogens with zero attached hydrogens (tertiary/aromatic N) is 2. The van der Waals surface area contributed by atoms with E-state index in [0.717, 1.165) is 48.8 Å². The Hall–Kier alpha value is -5.11. The van der Waals surface area contributed by atoms with E-state index >= 15 is 4.79 Å². The number of ketones is 1. The van der Waals surface area contributed by atoms with Gasteiger partial charge in [0.25, 0.3) is 20.1 Å². The van der Waals surface area contributed by atoms with Crippen molar-refractivity contribution in [3.8, 4) is 0 Å². The Balaban J connectivity index is 1.22. The van der Waals surface area contributed by atoms with Crippen LogP contribution >= 0.6 is 0 Å². The molecule has 0 spiro atoms. The summed E-state index contributed by atoms with van der Waals surface area (Å²) in [6, 6.07) is 46.7. The highest BCUT2D eigenvalue weighted by Gasteiger charge is 2.50. The maximum atomic E-state index is 15.1. The van der Waals surface area contributed by atoms with Crippen molar-refractivity contribution < 1.29 is 18.8 Å². The molecule has 0 aliphatic heterocycles. The molecule has 320 valence electrons. The maximum absolute atomic E-state index is 15.1. The molecule has 5 aromatic rings. The lowest BCUT2D eigenvalue weighted by Crippen LogP contribution is -2.67. The van der Waals surface area contributed by atoms with Gasteiger partial charge in [-0.05, 0) is 90.7 Å². The van der Waals surface area contributed by atoms with Crippen LogP contribution in [-0.4, -0.2) is 61.0 Å². The van der Waals surface area contributed by atoms with Gasteiger partial charge in [-0.15, -0.1) is 0 Å². The van der Waals surface area contributed by atoms with Gasteiger partial charge in [-0.3, -0.25) is 14.4 Å². The number of rotatable bonds is 18. The van der Waals surface area contributed by atoms with Crippen LogP contribution in [0.15, 0.2) is 140 Å². The topological polar surface area (TPSA) is 66.9 Å². The summed E-state index contributed by atoms with van der Waals surface area (Å²) < 4.78 is 7.36. The first kappa shape index (κ1) is 45.4. The minimum Gasteiger partial charge on any atom is -0.406 e. The van der Waals surface area contributed by atoms with Crippen molar-refractivity contribution in [1.29, 1.82) is 0 Å². The molecule has 0 atom stereocenters. The normalized spacial score (nSPS) is 14.1. The molecule has 0 N–H and O–H groups in total. The van der Waals surface area contributed by atoms with E-state index in [9.17, 15) is 9.59 Å². The molecule has 6 nitrogen and oxygen atoms in total. The van der Waals surface area contributed by atoms with E-state index in [-0.39, 0.29) is 41.0 Å². The first-order valence-corrected chi connectivity index (χ1v) is 24.3. The highest BCUT2D eigenvalue weighted by molar-refractivity contribution is 6.99. The molecule has 61 heavy (non-hydrogen) atoms. The lowest BCUT2D eigenvalue weighted by Gasteiger charge is -2.45. The Morgan fingerprint density at radius 1 is 0.639 bits per heavy atom.